The largest absolute Gasteiger partial charge is 0.481 e. The number of carbonyl (C=O) groups excluding carboxylic acids is 1. The van der Waals surface area contributed by atoms with E-state index in [0.29, 0.717) is 19.4 Å². The molecule has 1 heterocycles. The Balaban J connectivity index is 1.96. The number of carboxylic acids is 1. The molecule has 0 spiro atoms. The smallest absolute Gasteiger partial charge is 0.303 e. The lowest BCUT2D eigenvalue weighted by atomic mass is 10.1. The Morgan fingerprint density at radius 3 is 2.45 bits per heavy atom. The van der Waals surface area contributed by atoms with E-state index in [1.54, 1.807) is 12.4 Å². The van der Waals surface area contributed by atoms with E-state index < -0.39 is 5.97 Å². The molecule has 1 amide bonds. The van der Waals surface area contributed by atoms with Gasteiger partial charge >= 0.3 is 5.97 Å². The van der Waals surface area contributed by atoms with Crippen LogP contribution in [0.4, 0.5) is 0 Å². The fourth-order valence-corrected chi connectivity index (χ4v) is 1.88. The SMILES string of the molecule is O=C(O)CCCCCCNC(=O)CCc1ccncc1. The second kappa shape index (κ2) is 9.95. The Bertz CT molecular complexity index is 407. The maximum atomic E-state index is 11.6. The molecule has 0 unspecified atom stereocenters. The van der Waals surface area contributed by atoms with Gasteiger partial charge in [-0.1, -0.05) is 12.8 Å². The zero-order valence-corrected chi connectivity index (χ0v) is 11.7. The van der Waals surface area contributed by atoms with Gasteiger partial charge in [0.1, 0.15) is 0 Å². The van der Waals surface area contributed by atoms with Crippen molar-refractivity contribution < 1.29 is 14.7 Å². The molecule has 5 heteroatoms. The van der Waals surface area contributed by atoms with E-state index in [9.17, 15) is 9.59 Å². The molecule has 20 heavy (non-hydrogen) atoms. The summed E-state index contributed by atoms with van der Waals surface area (Å²) in [6.45, 7) is 0.669. The fourth-order valence-electron chi connectivity index (χ4n) is 1.88. The molecule has 0 radical (unpaired) electrons. The van der Waals surface area contributed by atoms with E-state index in [-0.39, 0.29) is 12.3 Å². The first kappa shape index (κ1) is 16.1. The van der Waals surface area contributed by atoms with Crippen molar-refractivity contribution in [3.8, 4) is 0 Å². The first-order valence-electron chi connectivity index (χ1n) is 7.06. The van der Waals surface area contributed by atoms with E-state index in [0.717, 1.165) is 31.2 Å². The van der Waals surface area contributed by atoms with Gasteiger partial charge in [0, 0.05) is 31.8 Å². The molecule has 5 nitrogen and oxygen atoms in total. The van der Waals surface area contributed by atoms with Crippen molar-refractivity contribution in [1.82, 2.24) is 10.3 Å². The summed E-state index contributed by atoms with van der Waals surface area (Å²) in [5.41, 5.74) is 1.11. The number of hydrogen-bond donors (Lipinski definition) is 2. The number of unbranched alkanes of at least 4 members (excludes halogenated alkanes) is 3. The molecule has 0 aromatic carbocycles. The number of aromatic nitrogens is 1. The van der Waals surface area contributed by atoms with Crippen LogP contribution in [-0.4, -0.2) is 28.5 Å². The first-order valence-corrected chi connectivity index (χ1v) is 7.06. The van der Waals surface area contributed by atoms with Crippen molar-refractivity contribution in [2.24, 2.45) is 0 Å². The number of rotatable bonds is 10. The molecule has 0 atom stereocenters. The van der Waals surface area contributed by atoms with Crippen LogP contribution in [0.15, 0.2) is 24.5 Å². The second-order valence-corrected chi connectivity index (χ2v) is 4.76. The van der Waals surface area contributed by atoms with E-state index >= 15 is 0 Å². The molecule has 0 saturated carbocycles. The third-order valence-electron chi connectivity index (χ3n) is 3.03. The van der Waals surface area contributed by atoms with Crippen LogP contribution in [0, 0.1) is 0 Å². The van der Waals surface area contributed by atoms with Gasteiger partial charge in [0.05, 0.1) is 0 Å². The van der Waals surface area contributed by atoms with Crippen LogP contribution in [0.2, 0.25) is 0 Å². The number of amides is 1. The average molecular weight is 278 g/mol. The topological polar surface area (TPSA) is 79.3 Å². The monoisotopic (exact) mass is 278 g/mol. The summed E-state index contributed by atoms with van der Waals surface area (Å²) in [4.78, 5) is 25.8. The van der Waals surface area contributed by atoms with Gasteiger partial charge in [-0.05, 0) is 37.0 Å². The summed E-state index contributed by atoms with van der Waals surface area (Å²) in [6.07, 6.45) is 8.38. The quantitative estimate of drug-likeness (QED) is 0.643. The van der Waals surface area contributed by atoms with Crippen LogP contribution in [0.1, 0.15) is 44.1 Å². The molecule has 1 aromatic heterocycles. The normalized spacial score (nSPS) is 10.2. The highest BCUT2D eigenvalue weighted by Gasteiger charge is 2.01. The maximum absolute atomic E-state index is 11.6. The zero-order chi connectivity index (χ0) is 14.6. The van der Waals surface area contributed by atoms with Crippen molar-refractivity contribution in [1.29, 1.82) is 0 Å². The second-order valence-electron chi connectivity index (χ2n) is 4.76. The van der Waals surface area contributed by atoms with Gasteiger partial charge in [0.2, 0.25) is 5.91 Å². The molecular weight excluding hydrogens is 256 g/mol. The number of pyridine rings is 1. The summed E-state index contributed by atoms with van der Waals surface area (Å²) in [7, 11) is 0. The van der Waals surface area contributed by atoms with Crippen LogP contribution in [-0.2, 0) is 16.0 Å². The predicted molar refractivity (Wildman–Crippen MR) is 76.3 cm³/mol. The highest BCUT2D eigenvalue weighted by atomic mass is 16.4. The van der Waals surface area contributed by atoms with Crippen LogP contribution >= 0.6 is 0 Å². The third-order valence-corrected chi connectivity index (χ3v) is 3.03. The summed E-state index contributed by atoms with van der Waals surface area (Å²) in [5, 5.41) is 11.4. The molecule has 0 bridgehead atoms. The van der Waals surface area contributed by atoms with Crippen LogP contribution in [0.5, 0.6) is 0 Å². The third kappa shape index (κ3) is 8.24. The Labute approximate surface area is 119 Å². The number of aliphatic carboxylic acids is 1. The van der Waals surface area contributed by atoms with Crippen LogP contribution in [0.3, 0.4) is 0 Å². The number of carbonyl (C=O) groups is 2. The Morgan fingerprint density at radius 2 is 1.75 bits per heavy atom. The van der Waals surface area contributed by atoms with E-state index in [1.165, 1.54) is 0 Å². The molecule has 0 aliphatic heterocycles. The van der Waals surface area contributed by atoms with Gasteiger partial charge in [-0.15, -0.1) is 0 Å². The number of carboxylic acid groups (broad SMARTS) is 1. The minimum absolute atomic E-state index is 0.0624. The zero-order valence-electron chi connectivity index (χ0n) is 11.7. The molecule has 0 fully saturated rings. The minimum Gasteiger partial charge on any atom is -0.481 e. The van der Waals surface area contributed by atoms with Gasteiger partial charge in [0.15, 0.2) is 0 Å². The molecule has 110 valence electrons. The number of hydrogen-bond acceptors (Lipinski definition) is 3. The summed E-state index contributed by atoms with van der Waals surface area (Å²) < 4.78 is 0. The molecular formula is C15H22N2O3. The summed E-state index contributed by atoms with van der Waals surface area (Å²) >= 11 is 0. The van der Waals surface area contributed by atoms with Crippen molar-refractivity contribution >= 4 is 11.9 Å². The van der Waals surface area contributed by atoms with E-state index in [1.807, 2.05) is 12.1 Å². The molecule has 1 rings (SSSR count). The molecule has 0 aliphatic carbocycles. The van der Waals surface area contributed by atoms with Crippen LogP contribution in [0.25, 0.3) is 0 Å². The summed E-state index contributed by atoms with van der Waals surface area (Å²) in [6, 6.07) is 3.82. The van der Waals surface area contributed by atoms with Gasteiger partial charge in [-0.2, -0.15) is 0 Å². The highest BCUT2D eigenvalue weighted by molar-refractivity contribution is 5.76. The lowest BCUT2D eigenvalue weighted by Gasteiger charge is -2.05. The number of nitrogens with one attached hydrogen (secondary N) is 1. The number of nitrogens with zero attached hydrogens (tertiary/aromatic N) is 1. The molecule has 0 aliphatic rings. The minimum atomic E-state index is -0.741. The Morgan fingerprint density at radius 1 is 1.05 bits per heavy atom. The summed E-state index contributed by atoms with van der Waals surface area (Å²) in [5.74, 6) is -0.679. The van der Waals surface area contributed by atoms with Crippen molar-refractivity contribution in [2.75, 3.05) is 6.54 Å². The van der Waals surface area contributed by atoms with Gasteiger partial charge < -0.3 is 10.4 Å². The van der Waals surface area contributed by atoms with Gasteiger partial charge in [0.25, 0.3) is 0 Å². The molecule has 0 saturated heterocycles. The van der Waals surface area contributed by atoms with Crippen molar-refractivity contribution in [3.63, 3.8) is 0 Å². The number of aryl methyl sites for hydroxylation is 1. The fraction of sp³-hybridized carbons (Fsp3) is 0.533. The Kier molecular flexibility index (Phi) is 8.03. The highest BCUT2D eigenvalue weighted by Crippen LogP contribution is 2.03. The van der Waals surface area contributed by atoms with E-state index in [4.69, 9.17) is 5.11 Å². The van der Waals surface area contributed by atoms with Gasteiger partial charge in [-0.3, -0.25) is 14.6 Å². The predicted octanol–water partition coefficient (Wildman–Crippen LogP) is 2.17. The maximum Gasteiger partial charge on any atom is 0.303 e. The van der Waals surface area contributed by atoms with E-state index in [2.05, 4.69) is 10.3 Å². The standard InChI is InChI=1S/C15H22N2O3/c18-14(7-6-13-8-11-16-12-9-13)17-10-4-2-1-3-5-15(19)20/h8-9,11-12H,1-7,10H2,(H,17,18)(H,19,20). The van der Waals surface area contributed by atoms with Gasteiger partial charge in [-0.25, -0.2) is 0 Å². The lowest BCUT2D eigenvalue weighted by Crippen LogP contribution is -2.24. The first-order chi connectivity index (χ1) is 9.68. The molecule has 1 aromatic rings. The van der Waals surface area contributed by atoms with Crippen molar-refractivity contribution in [3.05, 3.63) is 30.1 Å². The lowest BCUT2D eigenvalue weighted by molar-refractivity contribution is -0.137. The Hall–Kier alpha value is -1.91. The molecule has 2 N–H and O–H groups in total. The van der Waals surface area contributed by atoms with Crippen molar-refractivity contribution in [2.45, 2.75) is 44.9 Å². The average Bonchev–Trinajstić information content (AvgIpc) is 2.45. The van der Waals surface area contributed by atoms with Crippen LogP contribution < -0.4 is 5.32 Å².